The number of fused-ring (bicyclic) bond motifs is 2. The van der Waals surface area contributed by atoms with E-state index in [9.17, 15) is 0 Å². The van der Waals surface area contributed by atoms with Crippen LogP contribution in [0.1, 0.15) is 0 Å². The molecule has 36 heavy (non-hydrogen) atoms. The van der Waals surface area contributed by atoms with E-state index in [0.29, 0.717) is 0 Å². The summed E-state index contributed by atoms with van der Waals surface area (Å²) in [6, 6.07) is 42.6. The molecule has 0 heterocycles. The number of methoxy groups -OCH3 is 2. The van der Waals surface area contributed by atoms with Gasteiger partial charge in [-0.3, -0.25) is 0 Å². The molecule has 0 bridgehead atoms. The minimum Gasteiger partial charge on any atom is -0.496 e. The molecule has 0 fully saturated rings. The van der Waals surface area contributed by atoms with Gasteiger partial charge in [0.05, 0.1) is 14.2 Å². The lowest BCUT2D eigenvalue weighted by Gasteiger charge is -2.18. The Morgan fingerprint density at radius 3 is 1.19 bits per heavy atom. The second-order valence-corrected chi connectivity index (χ2v) is 8.89. The summed E-state index contributed by atoms with van der Waals surface area (Å²) in [5, 5.41) is 4.58. The third kappa shape index (κ3) is 3.77. The number of hydrogen-bond donors (Lipinski definition) is 0. The smallest absolute Gasteiger partial charge is 0.127 e. The zero-order chi connectivity index (χ0) is 24.5. The van der Waals surface area contributed by atoms with Crippen LogP contribution in [0.5, 0.6) is 11.5 Å². The molecule has 0 spiro atoms. The van der Waals surface area contributed by atoms with E-state index in [0.717, 1.165) is 44.2 Å². The Labute approximate surface area is 211 Å². The Kier molecular flexibility index (Phi) is 5.63. The van der Waals surface area contributed by atoms with Crippen LogP contribution in [0.15, 0.2) is 121 Å². The molecule has 0 aliphatic rings. The van der Waals surface area contributed by atoms with Crippen molar-refractivity contribution in [3.63, 3.8) is 0 Å². The van der Waals surface area contributed by atoms with E-state index in [2.05, 4.69) is 109 Å². The first-order chi connectivity index (χ1) is 17.8. The highest BCUT2D eigenvalue weighted by molar-refractivity contribution is 6.11. The summed E-state index contributed by atoms with van der Waals surface area (Å²) in [5.41, 5.74) is 6.88. The summed E-state index contributed by atoms with van der Waals surface area (Å²) in [6.07, 6.45) is 0. The van der Waals surface area contributed by atoms with Crippen molar-refractivity contribution in [1.29, 1.82) is 0 Å². The van der Waals surface area contributed by atoms with Gasteiger partial charge in [0, 0.05) is 11.1 Å². The maximum Gasteiger partial charge on any atom is 0.127 e. The molecular weight excluding hydrogens is 440 g/mol. The maximum atomic E-state index is 5.91. The maximum absolute atomic E-state index is 5.91. The first-order valence-corrected chi connectivity index (χ1v) is 12.1. The van der Waals surface area contributed by atoms with Crippen LogP contribution in [0.2, 0.25) is 0 Å². The predicted octanol–water partition coefficient (Wildman–Crippen LogP) is 9.01. The van der Waals surface area contributed by atoms with Gasteiger partial charge < -0.3 is 9.47 Å². The predicted molar refractivity (Wildman–Crippen MR) is 151 cm³/mol. The van der Waals surface area contributed by atoms with Crippen LogP contribution < -0.4 is 9.47 Å². The average Bonchev–Trinajstić information content (AvgIpc) is 2.96. The second kappa shape index (κ2) is 9.24. The molecular formula is C34H26O2. The van der Waals surface area contributed by atoms with Crippen molar-refractivity contribution in [1.82, 2.24) is 0 Å². The molecule has 0 unspecified atom stereocenters. The van der Waals surface area contributed by atoms with Crippen molar-refractivity contribution in [2.75, 3.05) is 14.2 Å². The SMILES string of the molecule is COc1ccc2cc(-c3ccccc3)ccc2c1-c1c(OC)ccc2cc(-c3ccccc3)ccc12. The van der Waals surface area contributed by atoms with Crippen LogP contribution in [0.3, 0.4) is 0 Å². The molecule has 0 aromatic heterocycles. The Hall–Kier alpha value is -4.56. The van der Waals surface area contributed by atoms with Crippen LogP contribution in [-0.2, 0) is 0 Å². The van der Waals surface area contributed by atoms with Gasteiger partial charge in [0.25, 0.3) is 0 Å². The molecule has 6 aromatic carbocycles. The average molecular weight is 467 g/mol. The third-order valence-electron chi connectivity index (χ3n) is 6.87. The van der Waals surface area contributed by atoms with Crippen molar-refractivity contribution in [3.05, 3.63) is 121 Å². The van der Waals surface area contributed by atoms with Gasteiger partial charge >= 0.3 is 0 Å². The molecule has 0 saturated heterocycles. The Balaban J connectivity index is 1.61. The summed E-state index contributed by atoms with van der Waals surface area (Å²) in [6.45, 7) is 0. The fraction of sp³-hybridized carbons (Fsp3) is 0.0588. The van der Waals surface area contributed by atoms with Crippen LogP contribution >= 0.6 is 0 Å². The summed E-state index contributed by atoms with van der Waals surface area (Å²) in [7, 11) is 3.46. The van der Waals surface area contributed by atoms with Crippen molar-refractivity contribution >= 4 is 21.5 Å². The monoisotopic (exact) mass is 466 g/mol. The fourth-order valence-electron chi connectivity index (χ4n) is 5.10. The number of ether oxygens (including phenoxy) is 2. The van der Waals surface area contributed by atoms with E-state index in [4.69, 9.17) is 9.47 Å². The van der Waals surface area contributed by atoms with Crippen molar-refractivity contribution < 1.29 is 9.47 Å². The molecule has 0 N–H and O–H groups in total. The quantitative estimate of drug-likeness (QED) is 0.252. The first-order valence-electron chi connectivity index (χ1n) is 12.1. The number of hydrogen-bond acceptors (Lipinski definition) is 2. The molecule has 0 aliphatic heterocycles. The van der Waals surface area contributed by atoms with Crippen molar-refractivity contribution in [2.24, 2.45) is 0 Å². The van der Waals surface area contributed by atoms with Crippen LogP contribution in [0, 0.1) is 0 Å². The van der Waals surface area contributed by atoms with Crippen LogP contribution in [-0.4, -0.2) is 14.2 Å². The third-order valence-corrected chi connectivity index (χ3v) is 6.87. The normalized spacial score (nSPS) is 11.1. The zero-order valence-corrected chi connectivity index (χ0v) is 20.4. The van der Waals surface area contributed by atoms with Gasteiger partial charge in [-0.05, 0) is 68.1 Å². The summed E-state index contributed by atoms with van der Waals surface area (Å²) in [4.78, 5) is 0. The molecule has 0 amide bonds. The molecule has 6 rings (SSSR count). The Bertz CT molecular complexity index is 1560. The van der Waals surface area contributed by atoms with E-state index in [1.54, 1.807) is 14.2 Å². The largest absolute Gasteiger partial charge is 0.496 e. The zero-order valence-electron chi connectivity index (χ0n) is 20.4. The van der Waals surface area contributed by atoms with Gasteiger partial charge in [-0.15, -0.1) is 0 Å². The molecule has 0 radical (unpaired) electrons. The highest BCUT2D eigenvalue weighted by atomic mass is 16.5. The molecule has 0 saturated carbocycles. The van der Waals surface area contributed by atoms with Gasteiger partial charge in [-0.2, -0.15) is 0 Å². The minimum absolute atomic E-state index is 0.827. The second-order valence-electron chi connectivity index (χ2n) is 8.89. The summed E-state index contributed by atoms with van der Waals surface area (Å²) >= 11 is 0. The van der Waals surface area contributed by atoms with Crippen LogP contribution in [0.25, 0.3) is 54.9 Å². The highest BCUT2D eigenvalue weighted by Crippen LogP contribution is 2.46. The Morgan fingerprint density at radius 2 is 0.806 bits per heavy atom. The van der Waals surface area contributed by atoms with E-state index in [-0.39, 0.29) is 0 Å². The van der Waals surface area contributed by atoms with Crippen LogP contribution in [0.4, 0.5) is 0 Å². The van der Waals surface area contributed by atoms with E-state index in [1.165, 1.54) is 22.3 Å². The molecule has 174 valence electrons. The van der Waals surface area contributed by atoms with Gasteiger partial charge in [0.15, 0.2) is 0 Å². The van der Waals surface area contributed by atoms with Gasteiger partial charge in [0.1, 0.15) is 11.5 Å². The minimum atomic E-state index is 0.827. The van der Waals surface area contributed by atoms with Gasteiger partial charge in [-0.25, -0.2) is 0 Å². The summed E-state index contributed by atoms with van der Waals surface area (Å²) < 4.78 is 11.8. The van der Waals surface area contributed by atoms with Gasteiger partial charge in [-0.1, -0.05) is 97.1 Å². The van der Waals surface area contributed by atoms with E-state index < -0.39 is 0 Å². The molecule has 2 nitrogen and oxygen atoms in total. The van der Waals surface area contributed by atoms with E-state index in [1.807, 2.05) is 12.1 Å². The lowest BCUT2D eigenvalue weighted by molar-refractivity contribution is 0.411. The highest BCUT2D eigenvalue weighted by Gasteiger charge is 2.19. The number of rotatable bonds is 5. The van der Waals surface area contributed by atoms with Crippen molar-refractivity contribution in [3.8, 4) is 44.9 Å². The lowest BCUT2D eigenvalue weighted by atomic mass is 9.90. The summed E-state index contributed by atoms with van der Waals surface area (Å²) in [5.74, 6) is 1.65. The molecule has 0 atom stereocenters. The van der Waals surface area contributed by atoms with Gasteiger partial charge in [0.2, 0.25) is 0 Å². The number of benzene rings is 6. The molecule has 2 heteroatoms. The lowest BCUT2D eigenvalue weighted by Crippen LogP contribution is -1.95. The van der Waals surface area contributed by atoms with Crippen molar-refractivity contribution in [2.45, 2.75) is 0 Å². The molecule has 0 aliphatic carbocycles. The topological polar surface area (TPSA) is 18.5 Å². The first kappa shape index (κ1) is 21.9. The molecule has 6 aromatic rings. The Morgan fingerprint density at radius 1 is 0.389 bits per heavy atom. The standard InChI is InChI=1S/C34H26O2/c1-35-31-19-15-27-21-25(23-9-5-3-6-10-23)13-17-29(27)33(31)34-30-18-14-26(24-11-7-4-8-12-24)22-28(30)16-20-32(34)36-2/h3-22H,1-2H3. The fourth-order valence-corrected chi connectivity index (χ4v) is 5.10. The van der Waals surface area contributed by atoms with E-state index >= 15 is 0 Å².